The smallest absolute Gasteiger partial charge is 0.256 e. The van der Waals surface area contributed by atoms with Gasteiger partial charge in [-0.05, 0) is 54.3 Å². The zero-order valence-corrected chi connectivity index (χ0v) is 18.8. The van der Waals surface area contributed by atoms with Crippen LogP contribution in [0.25, 0.3) is 27.8 Å². The summed E-state index contributed by atoms with van der Waals surface area (Å²) in [6.07, 6.45) is 1.44. The van der Waals surface area contributed by atoms with Crippen LogP contribution in [0.5, 0.6) is 0 Å². The molecule has 2 aromatic heterocycles. The summed E-state index contributed by atoms with van der Waals surface area (Å²) in [6, 6.07) is 27.4. The summed E-state index contributed by atoms with van der Waals surface area (Å²) in [7, 11) is 0. The Morgan fingerprint density at radius 3 is 2.38 bits per heavy atom. The number of pyridine rings is 1. The maximum Gasteiger partial charge on any atom is 0.256 e. The minimum atomic E-state index is -0.327. The largest absolute Gasteiger partial charge is 0.305 e. The minimum absolute atomic E-state index is 0.263. The van der Waals surface area contributed by atoms with Crippen LogP contribution in [0.2, 0.25) is 0 Å². The number of hydrogen-bond donors (Lipinski definition) is 1. The standard InChI is InChI=1S/C28H21N5O/c1-18-7-6-10-24-19(2)15-25(31-26(18)24)33-27(23(16-29)17-30-33)32-28(34)22-13-11-21(12-14-22)20-8-4-3-5-9-20/h3-15,17H,1-2H3,(H,32,34). The van der Waals surface area contributed by atoms with Crippen molar-refractivity contribution in [3.63, 3.8) is 0 Å². The molecule has 1 amide bonds. The number of carbonyl (C=O) groups excluding carboxylic acids is 1. The van der Waals surface area contributed by atoms with Gasteiger partial charge < -0.3 is 5.32 Å². The van der Waals surface area contributed by atoms with Crippen molar-refractivity contribution >= 4 is 22.6 Å². The number of para-hydroxylation sites is 1. The molecule has 0 fully saturated rings. The van der Waals surface area contributed by atoms with Crippen LogP contribution in [-0.2, 0) is 0 Å². The second-order valence-electron chi connectivity index (χ2n) is 8.10. The van der Waals surface area contributed by atoms with Gasteiger partial charge in [-0.1, -0.05) is 60.7 Å². The number of nitriles is 1. The normalized spacial score (nSPS) is 10.7. The summed E-state index contributed by atoms with van der Waals surface area (Å²) < 4.78 is 1.51. The average Bonchev–Trinajstić information content (AvgIpc) is 3.27. The molecule has 164 valence electrons. The van der Waals surface area contributed by atoms with Crippen LogP contribution < -0.4 is 5.32 Å². The Balaban J connectivity index is 1.49. The first-order valence-electron chi connectivity index (χ1n) is 10.9. The SMILES string of the molecule is Cc1cc(-n2ncc(C#N)c2NC(=O)c2ccc(-c3ccccc3)cc2)nc2c(C)cccc12. The number of hydrogen-bond acceptors (Lipinski definition) is 4. The Morgan fingerprint density at radius 2 is 1.65 bits per heavy atom. The summed E-state index contributed by atoms with van der Waals surface area (Å²) in [5.41, 5.74) is 5.78. The highest BCUT2D eigenvalue weighted by Crippen LogP contribution is 2.26. The number of benzene rings is 3. The molecule has 0 spiro atoms. The Morgan fingerprint density at radius 1 is 0.912 bits per heavy atom. The van der Waals surface area contributed by atoms with Crippen LogP contribution in [0.1, 0.15) is 27.0 Å². The predicted molar refractivity (Wildman–Crippen MR) is 133 cm³/mol. The van der Waals surface area contributed by atoms with Crippen LogP contribution in [0, 0.1) is 25.2 Å². The molecule has 5 rings (SSSR count). The molecule has 0 radical (unpaired) electrons. The van der Waals surface area contributed by atoms with Crippen LogP contribution in [0.4, 0.5) is 5.82 Å². The molecule has 0 aliphatic heterocycles. The Kier molecular flexibility index (Phi) is 5.36. The van der Waals surface area contributed by atoms with E-state index in [0.717, 1.165) is 33.2 Å². The van der Waals surface area contributed by atoms with E-state index >= 15 is 0 Å². The third-order valence-electron chi connectivity index (χ3n) is 5.83. The van der Waals surface area contributed by atoms with E-state index in [0.29, 0.717) is 17.2 Å². The summed E-state index contributed by atoms with van der Waals surface area (Å²) in [4.78, 5) is 17.8. The molecule has 5 aromatic rings. The molecule has 1 N–H and O–H groups in total. The van der Waals surface area contributed by atoms with Gasteiger partial charge in [-0.2, -0.15) is 15.0 Å². The van der Waals surface area contributed by atoms with Gasteiger partial charge in [0.15, 0.2) is 11.6 Å². The molecular formula is C28H21N5O. The molecular weight excluding hydrogens is 422 g/mol. The van der Waals surface area contributed by atoms with E-state index in [-0.39, 0.29) is 11.5 Å². The fourth-order valence-corrected chi connectivity index (χ4v) is 4.00. The van der Waals surface area contributed by atoms with Gasteiger partial charge >= 0.3 is 0 Å². The van der Waals surface area contributed by atoms with Crippen LogP contribution in [-0.4, -0.2) is 20.7 Å². The third kappa shape index (κ3) is 3.80. The number of rotatable bonds is 4. The maximum atomic E-state index is 13.1. The molecule has 34 heavy (non-hydrogen) atoms. The summed E-state index contributed by atoms with van der Waals surface area (Å²) >= 11 is 0. The number of anilines is 1. The van der Waals surface area contributed by atoms with Crippen LogP contribution in [0.15, 0.2) is 85.1 Å². The zero-order valence-electron chi connectivity index (χ0n) is 18.8. The lowest BCUT2D eigenvalue weighted by Gasteiger charge is -2.12. The maximum absolute atomic E-state index is 13.1. The predicted octanol–water partition coefficient (Wildman–Crippen LogP) is 5.83. The fraction of sp³-hybridized carbons (Fsp3) is 0.0714. The van der Waals surface area contributed by atoms with E-state index in [1.165, 1.54) is 10.9 Å². The average molecular weight is 444 g/mol. The van der Waals surface area contributed by atoms with Crippen LogP contribution >= 0.6 is 0 Å². The number of nitrogens with zero attached hydrogens (tertiary/aromatic N) is 4. The Hall–Kier alpha value is -4.76. The highest BCUT2D eigenvalue weighted by atomic mass is 16.1. The van der Waals surface area contributed by atoms with E-state index in [2.05, 4.69) is 16.5 Å². The molecule has 6 nitrogen and oxygen atoms in total. The summed E-state index contributed by atoms with van der Waals surface area (Å²) in [5.74, 6) is 0.501. The van der Waals surface area contributed by atoms with Crippen molar-refractivity contribution in [2.75, 3.05) is 5.32 Å². The van der Waals surface area contributed by atoms with Gasteiger partial charge in [-0.15, -0.1) is 0 Å². The molecule has 3 aromatic carbocycles. The summed E-state index contributed by atoms with van der Waals surface area (Å²) in [5, 5.41) is 17.9. The van der Waals surface area contributed by atoms with Crippen molar-refractivity contribution in [1.29, 1.82) is 5.26 Å². The molecule has 0 aliphatic carbocycles. The lowest BCUT2D eigenvalue weighted by Crippen LogP contribution is -2.16. The molecule has 0 unspecified atom stereocenters. The third-order valence-corrected chi connectivity index (χ3v) is 5.83. The van der Waals surface area contributed by atoms with Gasteiger partial charge in [0.1, 0.15) is 11.6 Å². The molecule has 0 atom stereocenters. The molecule has 0 bridgehead atoms. The van der Waals surface area contributed by atoms with Crippen molar-refractivity contribution in [2.45, 2.75) is 13.8 Å². The van der Waals surface area contributed by atoms with Crippen molar-refractivity contribution < 1.29 is 4.79 Å². The number of nitrogens with one attached hydrogen (secondary N) is 1. The lowest BCUT2D eigenvalue weighted by atomic mass is 10.0. The molecule has 0 saturated carbocycles. The van der Waals surface area contributed by atoms with E-state index in [9.17, 15) is 10.1 Å². The van der Waals surface area contributed by atoms with Gasteiger partial charge in [0.25, 0.3) is 5.91 Å². The fourth-order valence-electron chi connectivity index (χ4n) is 4.00. The highest BCUT2D eigenvalue weighted by Gasteiger charge is 2.18. The first kappa shape index (κ1) is 21.1. The van der Waals surface area contributed by atoms with Gasteiger partial charge in [0, 0.05) is 10.9 Å². The lowest BCUT2D eigenvalue weighted by molar-refractivity contribution is 0.102. The molecule has 0 aliphatic rings. The van der Waals surface area contributed by atoms with E-state index in [1.807, 2.05) is 80.6 Å². The van der Waals surface area contributed by atoms with Gasteiger partial charge in [0.2, 0.25) is 0 Å². The number of aromatic nitrogens is 3. The molecule has 2 heterocycles. The zero-order chi connectivity index (χ0) is 23.7. The Labute approximate surface area is 197 Å². The quantitative estimate of drug-likeness (QED) is 0.379. The van der Waals surface area contributed by atoms with E-state index in [1.54, 1.807) is 12.1 Å². The highest BCUT2D eigenvalue weighted by molar-refractivity contribution is 6.04. The van der Waals surface area contributed by atoms with E-state index < -0.39 is 0 Å². The number of aryl methyl sites for hydroxylation is 2. The second kappa shape index (κ2) is 8.64. The molecule has 0 saturated heterocycles. The topological polar surface area (TPSA) is 83.6 Å². The molecule has 6 heteroatoms. The van der Waals surface area contributed by atoms with Gasteiger partial charge in [0.05, 0.1) is 11.7 Å². The number of fused-ring (bicyclic) bond motifs is 1. The summed E-state index contributed by atoms with van der Waals surface area (Å²) in [6.45, 7) is 4.01. The van der Waals surface area contributed by atoms with Gasteiger partial charge in [-0.3, -0.25) is 4.79 Å². The van der Waals surface area contributed by atoms with E-state index in [4.69, 9.17) is 4.98 Å². The first-order chi connectivity index (χ1) is 16.5. The number of carbonyl (C=O) groups is 1. The van der Waals surface area contributed by atoms with Crippen molar-refractivity contribution in [3.8, 4) is 23.0 Å². The monoisotopic (exact) mass is 443 g/mol. The van der Waals surface area contributed by atoms with Crippen molar-refractivity contribution in [1.82, 2.24) is 14.8 Å². The minimum Gasteiger partial charge on any atom is -0.305 e. The second-order valence-corrected chi connectivity index (χ2v) is 8.10. The number of amides is 1. The Bertz CT molecular complexity index is 1560. The van der Waals surface area contributed by atoms with Crippen molar-refractivity contribution in [2.24, 2.45) is 0 Å². The van der Waals surface area contributed by atoms with Crippen molar-refractivity contribution in [3.05, 3.63) is 107 Å². The van der Waals surface area contributed by atoms with Crippen LogP contribution in [0.3, 0.4) is 0 Å². The first-order valence-corrected chi connectivity index (χ1v) is 10.9. The van der Waals surface area contributed by atoms with Gasteiger partial charge in [-0.25, -0.2) is 4.98 Å².